The molecule has 0 heterocycles. The summed E-state index contributed by atoms with van der Waals surface area (Å²) in [5.41, 5.74) is 0.267. The monoisotopic (exact) mass is 466 g/mol. The van der Waals surface area contributed by atoms with Crippen molar-refractivity contribution >= 4 is 0 Å². The van der Waals surface area contributed by atoms with Gasteiger partial charge in [-0.2, -0.15) is 0 Å². The van der Waals surface area contributed by atoms with Gasteiger partial charge < -0.3 is 20.4 Å². The largest absolute Gasteiger partial charge is 0.512 e. The van der Waals surface area contributed by atoms with E-state index in [1.807, 2.05) is 41.5 Å². The summed E-state index contributed by atoms with van der Waals surface area (Å²) in [6.45, 7) is 16.0. The second-order valence-electron chi connectivity index (χ2n) is 12.2. The van der Waals surface area contributed by atoms with Gasteiger partial charge >= 0.3 is 0 Å². The first-order chi connectivity index (χ1) is 15.1. The van der Waals surface area contributed by atoms with Crippen LogP contribution < -0.4 is 0 Å². The highest BCUT2D eigenvalue weighted by Gasteiger charge is 2.33. The highest BCUT2D eigenvalue weighted by atomic mass is 16.3. The predicted molar refractivity (Wildman–Crippen MR) is 139 cm³/mol. The third-order valence-corrected chi connectivity index (χ3v) is 8.00. The minimum Gasteiger partial charge on any atom is -0.512 e. The van der Waals surface area contributed by atoms with Crippen LogP contribution in [0.3, 0.4) is 0 Å². The molecule has 0 bridgehead atoms. The topological polar surface area (TPSA) is 80.9 Å². The van der Waals surface area contributed by atoms with Crippen LogP contribution in [0.25, 0.3) is 0 Å². The molecule has 5 unspecified atom stereocenters. The van der Waals surface area contributed by atoms with Gasteiger partial charge in [-0.15, -0.1) is 0 Å². The fraction of sp³-hybridized carbons (Fsp3) is 0.862. The molecule has 0 aromatic carbocycles. The highest BCUT2D eigenvalue weighted by molar-refractivity contribution is 5.37. The molecule has 4 nitrogen and oxygen atoms in total. The van der Waals surface area contributed by atoms with Gasteiger partial charge in [0.15, 0.2) is 0 Å². The van der Waals surface area contributed by atoms with Gasteiger partial charge in [-0.1, -0.05) is 65.7 Å². The van der Waals surface area contributed by atoms with Crippen molar-refractivity contribution in [2.45, 2.75) is 137 Å². The van der Waals surface area contributed by atoms with E-state index < -0.39 is 11.2 Å². The Kier molecular flexibility index (Phi) is 12.0. The lowest BCUT2D eigenvalue weighted by Crippen LogP contribution is -2.29. The van der Waals surface area contributed by atoms with Crippen LogP contribution in [-0.2, 0) is 0 Å². The lowest BCUT2D eigenvalue weighted by Gasteiger charge is -2.33. The number of hydrogen-bond donors (Lipinski definition) is 4. The van der Waals surface area contributed by atoms with E-state index in [2.05, 4.69) is 13.8 Å². The normalized spacial score (nSPS) is 23.6. The summed E-state index contributed by atoms with van der Waals surface area (Å²) >= 11 is 0. The van der Waals surface area contributed by atoms with E-state index in [1.54, 1.807) is 0 Å². The average molecular weight is 467 g/mol. The first-order valence-electron chi connectivity index (χ1n) is 13.4. The van der Waals surface area contributed by atoms with Crippen molar-refractivity contribution in [3.63, 3.8) is 0 Å². The second-order valence-corrected chi connectivity index (χ2v) is 12.2. The number of aliphatic hydroxyl groups excluding tert-OH is 2. The summed E-state index contributed by atoms with van der Waals surface area (Å²) < 4.78 is 0. The number of aliphatic hydroxyl groups is 4. The molecule has 1 rings (SSSR count). The maximum Gasteiger partial charge on any atom is 0.0993 e. The van der Waals surface area contributed by atoms with Gasteiger partial charge in [0, 0.05) is 11.8 Å². The zero-order valence-corrected chi connectivity index (χ0v) is 22.9. The Hall–Kier alpha value is -1.00. The highest BCUT2D eigenvalue weighted by Crippen LogP contribution is 2.40. The minimum atomic E-state index is -0.742. The first-order valence-corrected chi connectivity index (χ1v) is 13.4. The van der Waals surface area contributed by atoms with Crippen LogP contribution in [0.2, 0.25) is 0 Å². The molecular weight excluding hydrogens is 412 g/mol. The molecule has 0 spiro atoms. The fourth-order valence-corrected chi connectivity index (χ4v) is 5.23. The van der Waals surface area contributed by atoms with E-state index in [0.717, 1.165) is 49.2 Å². The number of allylic oxidation sites excluding steroid dienone is 4. The molecule has 4 heteroatoms. The molecule has 0 aliphatic heterocycles. The zero-order chi connectivity index (χ0) is 25.4. The van der Waals surface area contributed by atoms with Crippen molar-refractivity contribution in [2.75, 3.05) is 0 Å². The van der Waals surface area contributed by atoms with E-state index in [1.165, 1.54) is 25.7 Å². The van der Waals surface area contributed by atoms with Gasteiger partial charge in [0.2, 0.25) is 0 Å². The Labute approximate surface area is 204 Å². The van der Waals surface area contributed by atoms with E-state index in [0.29, 0.717) is 30.3 Å². The third-order valence-electron chi connectivity index (χ3n) is 8.00. The van der Waals surface area contributed by atoms with Crippen LogP contribution in [0.4, 0.5) is 0 Å². The van der Waals surface area contributed by atoms with Gasteiger partial charge in [-0.05, 0) is 83.3 Å². The van der Waals surface area contributed by atoms with Crippen LogP contribution in [0, 0.1) is 23.7 Å². The standard InChI is InChI=1S/C29H54O4/c1-20(14-10-17-28(6,7)32)12-9-13-21(2)15-11-18-29(8,33)19-16-25-24(5)26(30)22(3)23(4)27(25)31/h20-21,24-25,30-33H,9-19H2,1-8H3. The molecule has 5 atom stereocenters. The van der Waals surface area contributed by atoms with Crippen LogP contribution in [0.15, 0.2) is 22.7 Å². The van der Waals surface area contributed by atoms with Crippen LogP contribution in [0.5, 0.6) is 0 Å². The Balaban J connectivity index is 2.29. The Morgan fingerprint density at radius 3 is 1.70 bits per heavy atom. The molecule has 0 aromatic heterocycles. The molecule has 4 N–H and O–H groups in total. The van der Waals surface area contributed by atoms with Gasteiger partial charge in [0.05, 0.1) is 22.7 Å². The van der Waals surface area contributed by atoms with Crippen molar-refractivity contribution in [3.05, 3.63) is 22.7 Å². The summed E-state index contributed by atoms with van der Waals surface area (Å²) in [4.78, 5) is 0. The van der Waals surface area contributed by atoms with E-state index >= 15 is 0 Å². The summed E-state index contributed by atoms with van der Waals surface area (Å²) in [6.07, 6.45) is 11.1. The fourth-order valence-electron chi connectivity index (χ4n) is 5.23. The van der Waals surface area contributed by atoms with Crippen LogP contribution in [-0.4, -0.2) is 31.6 Å². The lowest BCUT2D eigenvalue weighted by molar-refractivity contribution is 0.0286. The molecule has 33 heavy (non-hydrogen) atoms. The SMILES string of the molecule is CC1=C(O)C(C)C(CCC(C)(O)CCCC(C)CCCC(C)CCCC(C)(C)O)C(O)=C1C. The summed E-state index contributed by atoms with van der Waals surface area (Å²) in [5, 5.41) is 41.7. The quantitative estimate of drug-likeness (QED) is 0.197. The van der Waals surface area contributed by atoms with E-state index in [-0.39, 0.29) is 11.8 Å². The molecule has 1 aliphatic carbocycles. The van der Waals surface area contributed by atoms with Gasteiger partial charge in [-0.25, -0.2) is 0 Å². The molecule has 0 fully saturated rings. The van der Waals surface area contributed by atoms with Crippen molar-refractivity contribution in [1.82, 2.24) is 0 Å². The molecule has 194 valence electrons. The van der Waals surface area contributed by atoms with Gasteiger partial charge in [-0.3, -0.25) is 0 Å². The minimum absolute atomic E-state index is 0.109. The van der Waals surface area contributed by atoms with Gasteiger partial charge in [0.1, 0.15) is 0 Å². The average Bonchev–Trinajstić information content (AvgIpc) is 2.69. The first kappa shape index (κ1) is 30.0. The van der Waals surface area contributed by atoms with Crippen LogP contribution in [0.1, 0.15) is 126 Å². The molecular formula is C29H54O4. The summed E-state index contributed by atoms with van der Waals surface area (Å²) in [7, 11) is 0. The predicted octanol–water partition coefficient (Wildman–Crippen LogP) is 8.00. The Bertz CT molecular complexity index is 653. The zero-order valence-electron chi connectivity index (χ0n) is 22.9. The Morgan fingerprint density at radius 1 is 0.727 bits per heavy atom. The van der Waals surface area contributed by atoms with Gasteiger partial charge in [0.25, 0.3) is 0 Å². The smallest absolute Gasteiger partial charge is 0.0993 e. The van der Waals surface area contributed by atoms with Crippen molar-refractivity contribution in [1.29, 1.82) is 0 Å². The second kappa shape index (κ2) is 13.2. The lowest BCUT2D eigenvalue weighted by atomic mass is 9.76. The molecule has 0 aromatic rings. The molecule has 1 aliphatic rings. The van der Waals surface area contributed by atoms with E-state index in [9.17, 15) is 20.4 Å². The number of rotatable bonds is 15. The third kappa shape index (κ3) is 10.9. The summed E-state index contributed by atoms with van der Waals surface area (Å²) in [5.74, 6) is 1.90. The molecule has 0 saturated carbocycles. The molecule has 0 amide bonds. The van der Waals surface area contributed by atoms with Crippen molar-refractivity contribution in [3.8, 4) is 0 Å². The van der Waals surface area contributed by atoms with Crippen molar-refractivity contribution < 1.29 is 20.4 Å². The van der Waals surface area contributed by atoms with Crippen LogP contribution >= 0.6 is 0 Å². The van der Waals surface area contributed by atoms with E-state index in [4.69, 9.17) is 0 Å². The Morgan fingerprint density at radius 2 is 1.18 bits per heavy atom. The van der Waals surface area contributed by atoms with Crippen molar-refractivity contribution in [2.24, 2.45) is 23.7 Å². The number of hydrogen-bond acceptors (Lipinski definition) is 4. The maximum absolute atomic E-state index is 10.9. The molecule has 0 radical (unpaired) electrons. The maximum atomic E-state index is 10.9. The molecule has 0 saturated heterocycles. The summed E-state index contributed by atoms with van der Waals surface area (Å²) in [6, 6.07) is 0.